The summed E-state index contributed by atoms with van der Waals surface area (Å²) in [4.78, 5) is 22.0. The van der Waals surface area contributed by atoms with Crippen molar-refractivity contribution in [3.05, 3.63) is 29.9 Å². The molecule has 1 saturated heterocycles. The van der Waals surface area contributed by atoms with E-state index in [-0.39, 0.29) is 29.1 Å². The molecule has 27 heavy (non-hydrogen) atoms. The van der Waals surface area contributed by atoms with Gasteiger partial charge in [0.15, 0.2) is 0 Å². The number of likely N-dealkylation sites (tertiary alicyclic amines) is 1. The van der Waals surface area contributed by atoms with Gasteiger partial charge < -0.3 is 14.7 Å². The van der Waals surface area contributed by atoms with Crippen LogP contribution in [0.15, 0.2) is 22.9 Å². The molecule has 0 bridgehead atoms. The van der Waals surface area contributed by atoms with Crippen molar-refractivity contribution < 1.29 is 22.5 Å². The molecule has 1 N–H and O–H groups in total. The van der Waals surface area contributed by atoms with E-state index < -0.39 is 17.9 Å². The van der Waals surface area contributed by atoms with Crippen molar-refractivity contribution in [2.45, 2.75) is 32.0 Å². The van der Waals surface area contributed by atoms with Crippen LogP contribution < -0.4 is 5.32 Å². The largest absolute Gasteiger partial charge is 0.433 e. The van der Waals surface area contributed by atoms with Crippen LogP contribution in [0.4, 0.5) is 13.2 Å². The van der Waals surface area contributed by atoms with Crippen LogP contribution in [-0.4, -0.2) is 46.1 Å². The third-order valence-electron chi connectivity index (χ3n) is 4.57. The van der Waals surface area contributed by atoms with E-state index in [9.17, 15) is 18.0 Å². The van der Waals surface area contributed by atoms with Gasteiger partial charge in [0.2, 0.25) is 17.6 Å². The van der Waals surface area contributed by atoms with Crippen molar-refractivity contribution in [3.8, 4) is 11.4 Å². The molecule has 3 heterocycles. The molecule has 1 atom stereocenters. The highest BCUT2D eigenvalue weighted by molar-refractivity contribution is 5.79. The van der Waals surface area contributed by atoms with Gasteiger partial charge in [-0.3, -0.25) is 9.78 Å². The molecule has 1 amide bonds. The molecule has 3 rings (SSSR count). The molecule has 1 fully saturated rings. The number of carbonyl (C=O) groups excluding carboxylic acids is 1. The molecule has 2 aromatic rings. The fourth-order valence-corrected chi connectivity index (χ4v) is 2.92. The van der Waals surface area contributed by atoms with Gasteiger partial charge in [-0.05, 0) is 52.0 Å². The fraction of sp³-hybridized carbons (Fsp3) is 0.529. The van der Waals surface area contributed by atoms with Gasteiger partial charge in [0, 0.05) is 17.7 Å². The predicted octanol–water partition coefficient (Wildman–Crippen LogP) is 2.67. The second-order valence-corrected chi connectivity index (χ2v) is 6.69. The minimum Gasteiger partial charge on any atom is -0.344 e. The quantitative estimate of drug-likeness (QED) is 0.874. The Kier molecular flexibility index (Phi) is 5.45. The monoisotopic (exact) mass is 383 g/mol. The van der Waals surface area contributed by atoms with E-state index in [1.54, 1.807) is 6.92 Å². The maximum atomic E-state index is 12.8. The number of rotatable bonds is 4. The molecular formula is C17H20F3N5O2. The maximum absolute atomic E-state index is 12.8. The summed E-state index contributed by atoms with van der Waals surface area (Å²) in [5.74, 6) is -0.00543. The Morgan fingerprint density at radius 3 is 2.74 bits per heavy atom. The number of alkyl halides is 3. The zero-order valence-corrected chi connectivity index (χ0v) is 15.0. The fourth-order valence-electron chi connectivity index (χ4n) is 2.92. The van der Waals surface area contributed by atoms with Crippen LogP contribution in [0.5, 0.6) is 0 Å². The van der Waals surface area contributed by atoms with E-state index in [0.717, 1.165) is 38.2 Å². The number of nitrogens with zero attached hydrogens (tertiary/aromatic N) is 4. The molecule has 0 radical (unpaired) electrons. The molecule has 0 unspecified atom stereocenters. The smallest absolute Gasteiger partial charge is 0.344 e. The highest BCUT2D eigenvalue weighted by atomic mass is 19.4. The van der Waals surface area contributed by atoms with Crippen LogP contribution in [-0.2, 0) is 11.0 Å². The number of piperidine rings is 1. The first-order valence-corrected chi connectivity index (χ1v) is 8.60. The van der Waals surface area contributed by atoms with Gasteiger partial charge in [0.1, 0.15) is 11.7 Å². The molecule has 0 saturated carbocycles. The van der Waals surface area contributed by atoms with Gasteiger partial charge in [-0.2, -0.15) is 18.2 Å². The predicted molar refractivity (Wildman–Crippen MR) is 89.3 cm³/mol. The Hall–Kier alpha value is -2.49. The second-order valence-electron chi connectivity index (χ2n) is 6.69. The SMILES string of the molecule is C[C@H](NC(=O)C1CCN(C)CC1)c1nc(-c2ccnc(C(F)(F)F)c2)no1. The number of aromatic nitrogens is 3. The van der Waals surface area contributed by atoms with Crippen molar-refractivity contribution in [1.82, 2.24) is 25.3 Å². The molecule has 1 aliphatic rings. The summed E-state index contributed by atoms with van der Waals surface area (Å²) in [6, 6.07) is 1.68. The van der Waals surface area contributed by atoms with Crippen LogP contribution in [0, 0.1) is 5.92 Å². The standard InChI is InChI=1S/C17H20F3N5O2/c1-10(22-15(26)11-4-7-25(2)8-5-11)16-23-14(24-27-16)12-3-6-21-13(9-12)17(18,19)20/h3,6,9-11H,4-5,7-8H2,1-2H3,(H,22,26)/t10-/m0/s1. The summed E-state index contributed by atoms with van der Waals surface area (Å²) in [5, 5.41) is 6.56. The summed E-state index contributed by atoms with van der Waals surface area (Å²) < 4.78 is 43.5. The molecule has 10 heteroatoms. The van der Waals surface area contributed by atoms with E-state index in [2.05, 4.69) is 25.3 Å². The summed E-state index contributed by atoms with van der Waals surface area (Å²) in [7, 11) is 2.01. The zero-order valence-electron chi connectivity index (χ0n) is 15.0. The molecule has 146 valence electrons. The molecule has 1 aliphatic heterocycles. The third-order valence-corrected chi connectivity index (χ3v) is 4.57. The van der Waals surface area contributed by atoms with Crippen molar-refractivity contribution >= 4 is 5.91 Å². The van der Waals surface area contributed by atoms with E-state index in [1.165, 1.54) is 6.07 Å². The highest BCUT2D eigenvalue weighted by Crippen LogP contribution is 2.30. The van der Waals surface area contributed by atoms with Crippen LogP contribution in [0.25, 0.3) is 11.4 Å². The lowest BCUT2D eigenvalue weighted by Gasteiger charge is -2.28. The average molecular weight is 383 g/mol. The Labute approximate surface area is 154 Å². The number of halogens is 3. The lowest BCUT2D eigenvalue weighted by Crippen LogP contribution is -2.39. The molecule has 7 nitrogen and oxygen atoms in total. The van der Waals surface area contributed by atoms with Gasteiger partial charge in [0.05, 0.1) is 0 Å². The van der Waals surface area contributed by atoms with Gasteiger partial charge in [-0.25, -0.2) is 0 Å². The number of amides is 1. The Balaban J connectivity index is 1.67. The molecule has 0 spiro atoms. The van der Waals surface area contributed by atoms with Crippen LogP contribution in [0.1, 0.15) is 37.4 Å². The summed E-state index contributed by atoms with van der Waals surface area (Å²) >= 11 is 0. The number of carbonyl (C=O) groups is 1. The average Bonchev–Trinajstić information content (AvgIpc) is 3.12. The third kappa shape index (κ3) is 4.62. The van der Waals surface area contributed by atoms with Crippen LogP contribution >= 0.6 is 0 Å². The lowest BCUT2D eigenvalue weighted by atomic mass is 9.96. The first kappa shape index (κ1) is 19.3. The first-order valence-electron chi connectivity index (χ1n) is 8.60. The highest BCUT2D eigenvalue weighted by Gasteiger charge is 2.33. The second kappa shape index (κ2) is 7.63. The Morgan fingerprint density at radius 2 is 2.07 bits per heavy atom. The number of hydrogen-bond acceptors (Lipinski definition) is 6. The van der Waals surface area contributed by atoms with Crippen molar-refractivity contribution in [2.24, 2.45) is 5.92 Å². The number of nitrogens with one attached hydrogen (secondary N) is 1. The van der Waals surface area contributed by atoms with Crippen molar-refractivity contribution in [1.29, 1.82) is 0 Å². The number of pyridine rings is 1. The maximum Gasteiger partial charge on any atom is 0.433 e. The summed E-state index contributed by atoms with van der Waals surface area (Å²) in [6.45, 7) is 3.42. The summed E-state index contributed by atoms with van der Waals surface area (Å²) in [6.07, 6.45) is -1.96. The molecular weight excluding hydrogens is 363 g/mol. The lowest BCUT2D eigenvalue weighted by molar-refractivity contribution is -0.141. The minimum absolute atomic E-state index is 0.0123. The Bertz CT molecular complexity index is 800. The van der Waals surface area contributed by atoms with E-state index in [0.29, 0.717) is 0 Å². The molecule has 2 aromatic heterocycles. The van der Waals surface area contributed by atoms with Crippen molar-refractivity contribution in [3.63, 3.8) is 0 Å². The van der Waals surface area contributed by atoms with E-state index >= 15 is 0 Å². The van der Waals surface area contributed by atoms with Gasteiger partial charge >= 0.3 is 6.18 Å². The van der Waals surface area contributed by atoms with Crippen molar-refractivity contribution in [2.75, 3.05) is 20.1 Å². The molecule has 0 aliphatic carbocycles. The number of hydrogen-bond donors (Lipinski definition) is 1. The topological polar surface area (TPSA) is 84.2 Å². The van der Waals surface area contributed by atoms with Gasteiger partial charge in [-0.1, -0.05) is 5.16 Å². The zero-order chi connectivity index (χ0) is 19.6. The van der Waals surface area contributed by atoms with Crippen LogP contribution in [0.2, 0.25) is 0 Å². The molecule has 0 aromatic carbocycles. The van der Waals surface area contributed by atoms with E-state index in [4.69, 9.17) is 4.52 Å². The first-order chi connectivity index (χ1) is 12.7. The Morgan fingerprint density at radius 1 is 1.37 bits per heavy atom. The van der Waals surface area contributed by atoms with Crippen LogP contribution in [0.3, 0.4) is 0 Å². The van der Waals surface area contributed by atoms with E-state index in [1.807, 2.05) is 7.05 Å². The normalized spacial score (nSPS) is 17.7. The van der Waals surface area contributed by atoms with Gasteiger partial charge in [-0.15, -0.1) is 0 Å². The van der Waals surface area contributed by atoms with Gasteiger partial charge in [0.25, 0.3) is 0 Å². The minimum atomic E-state index is -4.56. The summed E-state index contributed by atoms with van der Waals surface area (Å²) in [5.41, 5.74) is -0.892.